The summed E-state index contributed by atoms with van der Waals surface area (Å²) in [5, 5.41) is 1.34. The number of aromatic nitrogens is 1. The average molecular weight is 177 g/mol. The Labute approximate surface area is 76.1 Å². The first-order valence-electron chi connectivity index (χ1n) is 4.15. The second-order valence-corrected chi connectivity index (χ2v) is 4.02. The summed E-state index contributed by atoms with van der Waals surface area (Å²) in [5.74, 6) is 0. The summed E-state index contributed by atoms with van der Waals surface area (Å²) in [7, 11) is 0. The number of fused-ring (bicyclic) bond motifs is 1. The molecule has 12 heavy (non-hydrogen) atoms. The first-order chi connectivity index (χ1) is 5.81. The maximum atomic E-state index is 4.27. The standard InChI is InChI=1S/C10H11NS/c1-3-9-6-8-4-5-11-7(2)10(8)12-9/h4-6H,3H2,1-2H3. The molecular formula is C10H11NS. The van der Waals surface area contributed by atoms with Crippen molar-refractivity contribution < 1.29 is 0 Å². The number of rotatable bonds is 1. The molecule has 0 aliphatic carbocycles. The topological polar surface area (TPSA) is 12.9 Å². The van der Waals surface area contributed by atoms with Gasteiger partial charge in [0.15, 0.2) is 0 Å². The summed E-state index contributed by atoms with van der Waals surface area (Å²) in [6.45, 7) is 4.26. The van der Waals surface area contributed by atoms with Crippen LogP contribution in [0.3, 0.4) is 0 Å². The van der Waals surface area contributed by atoms with E-state index >= 15 is 0 Å². The van der Waals surface area contributed by atoms with Gasteiger partial charge in [-0.1, -0.05) is 6.92 Å². The van der Waals surface area contributed by atoms with Crippen molar-refractivity contribution in [2.24, 2.45) is 0 Å². The van der Waals surface area contributed by atoms with E-state index in [-0.39, 0.29) is 0 Å². The molecule has 2 rings (SSSR count). The van der Waals surface area contributed by atoms with Gasteiger partial charge in [0, 0.05) is 11.1 Å². The van der Waals surface area contributed by atoms with Gasteiger partial charge >= 0.3 is 0 Å². The molecule has 0 aromatic carbocycles. The Morgan fingerprint density at radius 1 is 1.50 bits per heavy atom. The van der Waals surface area contributed by atoms with Gasteiger partial charge in [-0.15, -0.1) is 11.3 Å². The van der Waals surface area contributed by atoms with Gasteiger partial charge < -0.3 is 0 Å². The van der Waals surface area contributed by atoms with Gasteiger partial charge in [0.25, 0.3) is 0 Å². The zero-order valence-electron chi connectivity index (χ0n) is 7.29. The second kappa shape index (κ2) is 2.87. The minimum Gasteiger partial charge on any atom is -0.260 e. The lowest BCUT2D eigenvalue weighted by atomic mass is 10.2. The van der Waals surface area contributed by atoms with Gasteiger partial charge in [-0.25, -0.2) is 0 Å². The summed E-state index contributed by atoms with van der Waals surface area (Å²) in [4.78, 5) is 5.71. The van der Waals surface area contributed by atoms with Crippen LogP contribution in [0.15, 0.2) is 18.3 Å². The number of pyridine rings is 1. The number of hydrogen-bond donors (Lipinski definition) is 0. The summed E-state index contributed by atoms with van der Waals surface area (Å²) >= 11 is 1.86. The van der Waals surface area contributed by atoms with Gasteiger partial charge in [-0.3, -0.25) is 4.98 Å². The minimum atomic E-state index is 1.12. The highest BCUT2D eigenvalue weighted by molar-refractivity contribution is 7.19. The molecular weight excluding hydrogens is 166 g/mol. The fraction of sp³-hybridized carbons (Fsp3) is 0.300. The van der Waals surface area contributed by atoms with Crippen molar-refractivity contribution in [1.82, 2.24) is 4.98 Å². The third-order valence-electron chi connectivity index (χ3n) is 2.01. The van der Waals surface area contributed by atoms with Crippen LogP contribution >= 0.6 is 11.3 Å². The van der Waals surface area contributed by atoms with E-state index in [1.807, 2.05) is 17.5 Å². The SMILES string of the molecule is CCc1cc2ccnc(C)c2s1. The van der Waals surface area contributed by atoms with Crippen molar-refractivity contribution in [1.29, 1.82) is 0 Å². The van der Waals surface area contributed by atoms with Crippen molar-refractivity contribution in [3.63, 3.8) is 0 Å². The van der Waals surface area contributed by atoms with Crippen molar-refractivity contribution in [2.45, 2.75) is 20.3 Å². The molecule has 0 radical (unpaired) electrons. The van der Waals surface area contributed by atoms with Crippen LogP contribution < -0.4 is 0 Å². The third kappa shape index (κ3) is 1.12. The molecule has 0 aliphatic rings. The van der Waals surface area contributed by atoms with Crippen LogP contribution in [0.1, 0.15) is 17.5 Å². The molecule has 0 spiro atoms. The highest BCUT2D eigenvalue weighted by Gasteiger charge is 2.01. The predicted molar refractivity (Wildman–Crippen MR) is 53.7 cm³/mol. The highest BCUT2D eigenvalue weighted by Crippen LogP contribution is 2.27. The molecule has 0 bridgehead atoms. The monoisotopic (exact) mass is 177 g/mol. The number of nitrogens with zero attached hydrogens (tertiary/aromatic N) is 1. The molecule has 1 nitrogen and oxygen atoms in total. The minimum absolute atomic E-state index is 1.12. The molecule has 2 heterocycles. The van der Waals surface area contributed by atoms with Gasteiger partial charge in [0.05, 0.1) is 10.4 Å². The van der Waals surface area contributed by atoms with Crippen molar-refractivity contribution in [3.05, 3.63) is 28.9 Å². The van der Waals surface area contributed by atoms with Crippen molar-refractivity contribution in [3.8, 4) is 0 Å². The Morgan fingerprint density at radius 2 is 2.33 bits per heavy atom. The Bertz CT molecular complexity index is 403. The molecule has 2 aromatic rings. The molecule has 2 heteroatoms. The molecule has 0 aliphatic heterocycles. The maximum Gasteiger partial charge on any atom is 0.0558 e. The number of hydrogen-bond acceptors (Lipinski definition) is 2. The summed E-state index contributed by atoms with van der Waals surface area (Å²) in [6.07, 6.45) is 3.00. The van der Waals surface area contributed by atoms with E-state index in [0.29, 0.717) is 0 Å². The molecule has 0 saturated carbocycles. The smallest absolute Gasteiger partial charge is 0.0558 e. The fourth-order valence-corrected chi connectivity index (χ4v) is 2.36. The predicted octanol–water partition coefficient (Wildman–Crippen LogP) is 3.17. The molecule has 0 atom stereocenters. The van der Waals surface area contributed by atoms with E-state index in [2.05, 4.69) is 31.0 Å². The van der Waals surface area contributed by atoms with Crippen LogP contribution in [0.25, 0.3) is 10.1 Å². The van der Waals surface area contributed by atoms with Gasteiger partial charge in [0.1, 0.15) is 0 Å². The maximum absolute atomic E-state index is 4.27. The van der Waals surface area contributed by atoms with Crippen LogP contribution in [0.2, 0.25) is 0 Å². The van der Waals surface area contributed by atoms with Gasteiger partial charge in [-0.2, -0.15) is 0 Å². The quantitative estimate of drug-likeness (QED) is 0.652. The molecule has 0 amide bonds. The van der Waals surface area contributed by atoms with E-state index in [1.54, 1.807) is 0 Å². The second-order valence-electron chi connectivity index (χ2n) is 2.88. The lowest BCUT2D eigenvalue weighted by Gasteiger charge is -1.90. The normalized spacial score (nSPS) is 10.8. The van der Waals surface area contributed by atoms with Crippen LogP contribution in [-0.2, 0) is 6.42 Å². The fourth-order valence-electron chi connectivity index (χ4n) is 1.33. The summed E-state index contributed by atoms with van der Waals surface area (Å²) in [5.41, 5.74) is 1.15. The highest BCUT2D eigenvalue weighted by atomic mass is 32.1. The van der Waals surface area contributed by atoms with E-state index in [9.17, 15) is 0 Å². The largest absolute Gasteiger partial charge is 0.260 e. The number of aryl methyl sites for hydroxylation is 2. The van der Waals surface area contributed by atoms with Crippen LogP contribution in [0.4, 0.5) is 0 Å². The van der Waals surface area contributed by atoms with Crippen LogP contribution in [-0.4, -0.2) is 4.98 Å². The Hall–Kier alpha value is -0.890. The summed E-state index contributed by atoms with van der Waals surface area (Å²) < 4.78 is 1.34. The average Bonchev–Trinajstić information content (AvgIpc) is 2.49. The first kappa shape index (κ1) is 7.74. The Kier molecular flexibility index (Phi) is 1.85. The van der Waals surface area contributed by atoms with Gasteiger partial charge in [0.2, 0.25) is 0 Å². The zero-order valence-corrected chi connectivity index (χ0v) is 8.11. The molecule has 62 valence electrons. The van der Waals surface area contributed by atoms with E-state index in [4.69, 9.17) is 0 Å². The third-order valence-corrected chi connectivity index (χ3v) is 3.42. The lowest BCUT2D eigenvalue weighted by Crippen LogP contribution is -1.76. The first-order valence-corrected chi connectivity index (χ1v) is 4.97. The Balaban J connectivity index is 2.74. The summed E-state index contributed by atoms with van der Waals surface area (Å²) in [6, 6.07) is 4.34. The van der Waals surface area contributed by atoms with Gasteiger partial charge in [-0.05, 0) is 30.9 Å². The lowest BCUT2D eigenvalue weighted by molar-refractivity contribution is 1.19. The molecule has 2 aromatic heterocycles. The molecule has 0 saturated heterocycles. The molecule has 0 N–H and O–H groups in total. The van der Waals surface area contributed by atoms with Crippen LogP contribution in [0.5, 0.6) is 0 Å². The zero-order chi connectivity index (χ0) is 8.55. The Morgan fingerprint density at radius 3 is 3.00 bits per heavy atom. The van der Waals surface area contributed by atoms with E-state index in [0.717, 1.165) is 12.1 Å². The van der Waals surface area contributed by atoms with E-state index in [1.165, 1.54) is 15.0 Å². The van der Waals surface area contributed by atoms with Crippen LogP contribution in [0, 0.1) is 6.92 Å². The molecule has 0 unspecified atom stereocenters. The van der Waals surface area contributed by atoms with Crippen molar-refractivity contribution in [2.75, 3.05) is 0 Å². The number of thiophene rings is 1. The van der Waals surface area contributed by atoms with Crippen molar-refractivity contribution >= 4 is 21.4 Å². The molecule has 0 fully saturated rings. The van der Waals surface area contributed by atoms with E-state index < -0.39 is 0 Å².